The summed E-state index contributed by atoms with van der Waals surface area (Å²) < 4.78 is 41.6. The van der Waals surface area contributed by atoms with E-state index in [9.17, 15) is 13.2 Å². The minimum atomic E-state index is -4.47. The first-order valence-electron chi connectivity index (χ1n) is 8.31. The van der Waals surface area contributed by atoms with Gasteiger partial charge in [0.15, 0.2) is 0 Å². The molecule has 0 spiro atoms. The van der Waals surface area contributed by atoms with Crippen molar-refractivity contribution >= 4 is 0 Å². The summed E-state index contributed by atoms with van der Waals surface area (Å²) in [6.45, 7) is 3.68. The molecule has 0 aliphatic rings. The summed E-state index contributed by atoms with van der Waals surface area (Å²) >= 11 is 0. The minimum Gasteiger partial charge on any atom is -0.384 e. The van der Waals surface area contributed by atoms with E-state index in [1.807, 2.05) is 0 Å². The van der Waals surface area contributed by atoms with Crippen molar-refractivity contribution in [2.45, 2.75) is 89.8 Å². The van der Waals surface area contributed by atoms with E-state index < -0.39 is 12.3 Å². The summed E-state index contributed by atoms with van der Waals surface area (Å²) in [5, 5.41) is 8.81. The maximum absolute atomic E-state index is 12.0. The smallest absolute Gasteiger partial charge is 0.384 e. The zero-order valence-corrected chi connectivity index (χ0v) is 13.3. The number of halogens is 3. The zero-order chi connectivity index (χ0) is 16.0. The molecule has 1 unspecified atom stereocenters. The lowest BCUT2D eigenvalue weighted by molar-refractivity contribution is -0.205. The van der Waals surface area contributed by atoms with E-state index in [-0.39, 0.29) is 6.42 Å². The maximum atomic E-state index is 12.0. The van der Waals surface area contributed by atoms with E-state index in [0.717, 1.165) is 25.9 Å². The second-order valence-corrected chi connectivity index (χ2v) is 5.64. The van der Waals surface area contributed by atoms with Gasteiger partial charge in [0, 0.05) is 13.2 Å². The van der Waals surface area contributed by atoms with Crippen molar-refractivity contribution in [3.8, 4) is 0 Å². The quantitative estimate of drug-likeness (QED) is 0.445. The summed E-state index contributed by atoms with van der Waals surface area (Å²) in [4.78, 5) is 0. The van der Waals surface area contributed by atoms with Crippen LogP contribution >= 0.6 is 0 Å². The van der Waals surface area contributed by atoms with Crippen molar-refractivity contribution in [3.05, 3.63) is 0 Å². The topological polar surface area (TPSA) is 29.5 Å². The highest BCUT2D eigenvalue weighted by atomic mass is 19.4. The Kier molecular flexibility index (Phi) is 13.2. The fourth-order valence-corrected chi connectivity index (χ4v) is 2.15. The Morgan fingerprint density at radius 3 is 1.81 bits per heavy atom. The van der Waals surface area contributed by atoms with Gasteiger partial charge in [-0.3, -0.25) is 0 Å². The molecule has 1 atom stereocenters. The van der Waals surface area contributed by atoms with E-state index in [1.54, 1.807) is 0 Å². The average Bonchev–Trinajstić information content (AvgIpc) is 2.42. The van der Waals surface area contributed by atoms with Gasteiger partial charge < -0.3 is 9.84 Å². The van der Waals surface area contributed by atoms with Crippen LogP contribution in [0.5, 0.6) is 0 Å². The van der Waals surface area contributed by atoms with Crippen LogP contribution in [0.25, 0.3) is 0 Å². The predicted molar refractivity (Wildman–Crippen MR) is 79.3 cm³/mol. The molecule has 21 heavy (non-hydrogen) atoms. The van der Waals surface area contributed by atoms with E-state index in [2.05, 4.69) is 6.92 Å². The molecule has 0 amide bonds. The van der Waals surface area contributed by atoms with E-state index in [4.69, 9.17) is 9.84 Å². The standard InChI is InChI=1S/C16H31F3O2/c1-2-3-4-5-7-10-13-21-14-11-8-6-9-12-15(20)16(17,18)19/h15,20H,2-14H2,1H3. The van der Waals surface area contributed by atoms with Crippen LogP contribution in [0.3, 0.4) is 0 Å². The summed E-state index contributed by atoms with van der Waals surface area (Å²) in [5.41, 5.74) is 0. The van der Waals surface area contributed by atoms with Gasteiger partial charge in [-0.1, -0.05) is 58.3 Å². The molecule has 0 radical (unpaired) electrons. The van der Waals surface area contributed by atoms with Gasteiger partial charge in [-0.25, -0.2) is 0 Å². The first-order chi connectivity index (χ1) is 9.98. The molecule has 128 valence electrons. The number of unbranched alkanes of at least 4 members (excludes halogenated alkanes) is 8. The second-order valence-electron chi connectivity index (χ2n) is 5.64. The molecular formula is C16H31F3O2. The Morgan fingerprint density at radius 1 is 0.810 bits per heavy atom. The first-order valence-corrected chi connectivity index (χ1v) is 8.31. The van der Waals surface area contributed by atoms with Gasteiger partial charge in [-0.05, 0) is 19.3 Å². The molecule has 0 aromatic rings. The number of hydrogen-bond donors (Lipinski definition) is 1. The van der Waals surface area contributed by atoms with Crippen molar-refractivity contribution < 1.29 is 23.0 Å². The molecule has 0 bridgehead atoms. The lowest BCUT2D eigenvalue weighted by Gasteiger charge is -2.13. The van der Waals surface area contributed by atoms with Gasteiger partial charge >= 0.3 is 6.18 Å². The normalized spacial score (nSPS) is 13.6. The Balaban J connectivity index is 3.13. The Hall–Kier alpha value is -0.290. The SMILES string of the molecule is CCCCCCCCOCCCCCCC(O)C(F)(F)F. The molecule has 0 heterocycles. The van der Waals surface area contributed by atoms with Crippen LogP contribution in [0.15, 0.2) is 0 Å². The number of aliphatic hydroxyl groups is 1. The maximum Gasteiger partial charge on any atom is 0.414 e. The largest absolute Gasteiger partial charge is 0.414 e. The molecule has 1 N–H and O–H groups in total. The number of ether oxygens (including phenoxy) is 1. The number of rotatable bonds is 14. The van der Waals surface area contributed by atoms with E-state index in [1.165, 1.54) is 32.1 Å². The van der Waals surface area contributed by atoms with Crippen molar-refractivity contribution in [3.63, 3.8) is 0 Å². The highest BCUT2D eigenvalue weighted by Gasteiger charge is 2.37. The van der Waals surface area contributed by atoms with Gasteiger partial charge in [0.1, 0.15) is 6.10 Å². The van der Waals surface area contributed by atoms with Crippen molar-refractivity contribution in [2.75, 3.05) is 13.2 Å². The average molecular weight is 312 g/mol. The van der Waals surface area contributed by atoms with Crippen LogP contribution < -0.4 is 0 Å². The van der Waals surface area contributed by atoms with Crippen LogP contribution in [0.1, 0.15) is 77.6 Å². The van der Waals surface area contributed by atoms with Gasteiger partial charge in [-0.15, -0.1) is 0 Å². The molecule has 0 aromatic heterocycles. The van der Waals surface area contributed by atoms with E-state index in [0.29, 0.717) is 19.4 Å². The van der Waals surface area contributed by atoms with Crippen LogP contribution in [0, 0.1) is 0 Å². The highest BCUT2D eigenvalue weighted by molar-refractivity contribution is 4.64. The molecule has 0 rings (SSSR count). The molecule has 2 nitrogen and oxygen atoms in total. The van der Waals surface area contributed by atoms with Gasteiger partial charge in [0.2, 0.25) is 0 Å². The Labute approximate surface area is 127 Å². The summed E-state index contributed by atoms with van der Waals surface area (Å²) in [5.74, 6) is 0. The van der Waals surface area contributed by atoms with Crippen LogP contribution in [0.2, 0.25) is 0 Å². The molecule has 0 fully saturated rings. The monoisotopic (exact) mass is 312 g/mol. The molecule has 0 aliphatic heterocycles. The molecule has 0 saturated heterocycles. The Bertz CT molecular complexity index is 220. The number of hydrogen-bond acceptors (Lipinski definition) is 2. The van der Waals surface area contributed by atoms with Gasteiger partial charge in [0.25, 0.3) is 0 Å². The molecule has 5 heteroatoms. The number of aliphatic hydroxyl groups excluding tert-OH is 1. The molecule has 0 aromatic carbocycles. The van der Waals surface area contributed by atoms with Crippen LogP contribution in [-0.2, 0) is 4.74 Å². The molecule has 0 saturated carbocycles. The fourth-order valence-electron chi connectivity index (χ4n) is 2.15. The van der Waals surface area contributed by atoms with Crippen LogP contribution in [0.4, 0.5) is 13.2 Å². The fraction of sp³-hybridized carbons (Fsp3) is 1.00. The van der Waals surface area contributed by atoms with Crippen molar-refractivity contribution in [2.24, 2.45) is 0 Å². The summed E-state index contributed by atoms with van der Waals surface area (Å²) in [6, 6.07) is 0. The second kappa shape index (κ2) is 13.4. The lowest BCUT2D eigenvalue weighted by Crippen LogP contribution is -2.28. The van der Waals surface area contributed by atoms with Gasteiger partial charge in [-0.2, -0.15) is 13.2 Å². The third kappa shape index (κ3) is 14.4. The number of alkyl halides is 3. The van der Waals surface area contributed by atoms with Crippen LogP contribution in [-0.4, -0.2) is 30.6 Å². The molecule has 0 aliphatic carbocycles. The molecular weight excluding hydrogens is 281 g/mol. The van der Waals surface area contributed by atoms with Gasteiger partial charge in [0.05, 0.1) is 0 Å². The Morgan fingerprint density at radius 2 is 1.29 bits per heavy atom. The highest BCUT2D eigenvalue weighted by Crippen LogP contribution is 2.23. The predicted octanol–water partition coefficient (Wildman–Crippen LogP) is 5.24. The minimum absolute atomic E-state index is 0.192. The third-order valence-electron chi connectivity index (χ3n) is 3.54. The van der Waals surface area contributed by atoms with Crippen molar-refractivity contribution in [1.82, 2.24) is 0 Å². The summed E-state index contributed by atoms with van der Waals surface area (Å²) in [6.07, 6.45) is 3.52. The first kappa shape index (κ1) is 20.7. The zero-order valence-electron chi connectivity index (χ0n) is 13.3. The van der Waals surface area contributed by atoms with E-state index >= 15 is 0 Å². The summed E-state index contributed by atoms with van der Waals surface area (Å²) in [7, 11) is 0. The van der Waals surface area contributed by atoms with Crippen molar-refractivity contribution in [1.29, 1.82) is 0 Å². The third-order valence-corrected chi connectivity index (χ3v) is 3.54. The lowest BCUT2D eigenvalue weighted by atomic mass is 10.1.